The molecule has 0 aliphatic rings. The molecule has 4 aromatic rings. The third-order valence-corrected chi connectivity index (χ3v) is 7.65. The summed E-state index contributed by atoms with van der Waals surface area (Å²) in [5, 5.41) is 0.436. The molecular formula is C35H38ClNO2. The molecule has 0 saturated carbocycles. The minimum atomic E-state index is 0.384. The lowest BCUT2D eigenvalue weighted by atomic mass is 9.94. The van der Waals surface area contributed by atoms with Crippen LogP contribution in [0.1, 0.15) is 73.5 Å². The van der Waals surface area contributed by atoms with Gasteiger partial charge < -0.3 is 9.64 Å². The van der Waals surface area contributed by atoms with Crippen LogP contribution in [-0.2, 0) is 13.2 Å². The van der Waals surface area contributed by atoms with E-state index in [-0.39, 0.29) is 0 Å². The summed E-state index contributed by atoms with van der Waals surface area (Å²) in [6.45, 7) is 10.3. The molecule has 0 amide bonds. The van der Waals surface area contributed by atoms with Gasteiger partial charge >= 0.3 is 0 Å². The second-order valence-electron chi connectivity index (χ2n) is 10.3. The van der Waals surface area contributed by atoms with Crippen LogP contribution in [0.4, 0.5) is 5.69 Å². The highest BCUT2D eigenvalue weighted by Crippen LogP contribution is 2.29. The Labute approximate surface area is 238 Å². The lowest BCUT2D eigenvalue weighted by Gasteiger charge is -2.30. The molecule has 202 valence electrons. The molecule has 0 N–H and O–H groups in total. The maximum atomic E-state index is 10.9. The van der Waals surface area contributed by atoms with Crippen molar-refractivity contribution in [1.29, 1.82) is 0 Å². The minimum Gasteiger partial charge on any atom is -0.487 e. The molecule has 0 aromatic heterocycles. The molecule has 0 aliphatic carbocycles. The Balaban J connectivity index is 1.44. The normalized spacial score (nSPS) is 11.2. The SMILES string of the molecule is CCC(CC)c1ccc(N(Cc2cccc(-c3ccc(COc4ccc(C=O)cc4Cl)cc3)c2)C(C)C)cc1. The van der Waals surface area contributed by atoms with Gasteiger partial charge in [-0.3, -0.25) is 4.79 Å². The Morgan fingerprint density at radius 2 is 1.54 bits per heavy atom. The number of hydrogen-bond acceptors (Lipinski definition) is 3. The molecule has 0 unspecified atom stereocenters. The highest BCUT2D eigenvalue weighted by atomic mass is 35.5. The number of nitrogens with zero attached hydrogens (tertiary/aromatic N) is 1. The fourth-order valence-corrected chi connectivity index (χ4v) is 5.22. The van der Waals surface area contributed by atoms with Crippen molar-refractivity contribution in [2.24, 2.45) is 0 Å². The number of carbonyl (C=O) groups is 1. The predicted molar refractivity (Wildman–Crippen MR) is 164 cm³/mol. The molecule has 0 atom stereocenters. The van der Waals surface area contributed by atoms with E-state index in [0.29, 0.717) is 34.9 Å². The van der Waals surface area contributed by atoms with Gasteiger partial charge in [0.15, 0.2) is 0 Å². The Hall–Kier alpha value is -3.56. The minimum absolute atomic E-state index is 0.384. The second kappa shape index (κ2) is 13.5. The zero-order valence-electron chi connectivity index (χ0n) is 23.4. The summed E-state index contributed by atoms with van der Waals surface area (Å²) in [6.07, 6.45) is 3.13. The van der Waals surface area contributed by atoms with Crippen LogP contribution in [0.3, 0.4) is 0 Å². The first-order valence-corrected chi connectivity index (χ1v) is 14.2. The summed E-state index contributed by atoms with van der Waals surface area (Å²) in [5.41, 5.74) is 7.92. The van der Waals surface area contributed by atoms with Crippen LogP contribution in [0, 0.1) is 0 Å². The van der Waals surface area contributed by atoms with Crippen LogP contribution in [0.25, 0.3) is 11.1 Å². The van der Waals surface area contributed by atoms with Crippen molar-refractivity contribution in [3.63, 3.8) is 0 Å². The molecule has 0 radical (unpaired) electrons. The summed E-state index contributed by atoms with van der Waals surface area (Å²) < 4.78 is 5.87. The van der Waals surface area contributed by atoms with Gasteiger partial charge in [-0.25, -0.2) is 0 Å². The molecule has 0 saturated heterocycles. The molecule has 0 fully saturated rings. The number of rotatable bonds is 12. The Kier molecular flexibility index (Phi) is 9.84. The zero-order chi connectivity index (χ0) is 27.8. The van der Waals surface area contributed by atoms with Gasteiger partial charge in [0.05, 0.1) is 5.02 Å². The average molecular weight is 540 g/mol. The van der Waals surface area contributed by atoms with Crippen LogP contribution in [0.15, 0.2) is 91.0 Å². The van der Waals surface area contributed by atoms with E-state index in [9.17, 15) is 4.79 Å². The number of halogens is 1. The largest absolute Gasteiger partial charge is 0.487 e. The molecule has 4 heteroatoms. The Morgan fingerprint density at radius 1 is 0.821 bits per heavy atom. The molecular weight excluding hydrogens is 502 g/mol. The molecule has 0 aliphatic heterocycles. The van der Waals surface area contributed by atoms with Gasteiger partial charge in [-0.15, -0.1) is 0 Å². The van der Waals surface area contributed by atoms with E-state index in [2.05, 4.69) is 105 Å². The van der Waals surface area contributed by atoms with Crippen molar-refractivity contribution in [2.75, 3.05) is 4.90 Å². The Morgan fingerprint density at radius 3 is 2.15 bits per heavy atom. The number of ether oxygens (including phenoxy) is 1. The number of carbonyl (C=O) groups excluding carboxylic acids is 1. The highest BCUT2D eigenvalue weighted by molar-refractivity contribution is 6.32. The van der Waals surface area contributed by atoms with Gasteiger partial charge in [-0.2, -0.15) is 0 Å². The van der Waals surface area contributed by atoms with Gasteiger partial charge in [-0.05, 0) is 96.8 Å². The van der Waals surface area contributed by atoms with Crippen LogP contribution >= 0.6 is 11.6 Å². The highest BCUT2D eigenvalue weighted by Gasteiger charge is 2.14. The zero-order valence-corrected chi connectivity index (χ0v) is 24.1. The van der Waals surface area contributed by atoms with Gasteiger partial charge in [-0.1, -0.05) is 80.0 Å². The van der Waals surface area contributed by atoms with Crippen LogP contribution in [-0.4, -0.2) is 12.3 Å². The summed E-state index contributed by atoms with van der Waals surface area (Å²) >= 11 is 6.23. The number of aldehydes is 1. The molecule has 39 heavy (non-hydrogen) atoms. The van der Waals surface area contributed by atoms with Crippen molar-refractivity contribution in [3.05, 3.63) is 118 Å². The van der Waals surface area contributed by atoms with E-state index in [1.165, 1.54) is 40.8 Å². The fourth-order valence-electron chi connectivity index (χ4n) is 4.98. The molecule has 4 aromatic carbocycles. The quantitative estimate of drug-likeness (QED) is 0.168. The van der Waals surface area contributed by atoms with Gasteiger partial charge in [0.2, 0.25) is 0 Å². The number of anilines is 1. The van der Waals surface area contributed by atoms with Crippen molar-refractivity contribution in [3.8, 4) is 16.9 Å². The summed E-state index contributed by atoms with van der Waals surface area (Å²) in [4.78, 5) is 13.4. The van der Waals surface area contributed by atoms with Crippen LogP contribution in [0.5, 0.6) is 5.75 Å². The lowest BCUT2D eigenvalue weighted by molar-refractivity contribution is 0.112. The first-order valence-electron chi connectivity index (χ1n) is 13.8. The maximum Gasteiger partial charge on any atom is 0.150 e. The van der Waals surface area contributed by atoms with E-state index in [0.717, 1.165) is 18.4 Å². The van der Waals surface area contributed by atoms with E-state index in [4.69, 9.17) is 16.3 Å². The number of benzene rings is 4. The van der Waals surface area contributed by atoms with Gasteiger partial charge in [0, 0.05) is 23.8 Å². The first-order chi connectivity index (χ1) is 18.9. The summed E-state index contributed by atoms with van der Waals surface area (Å²) in [6, 6.07) is 31.8. The van der Waals surface area contributed by atoms with E-state index < -0.39 is 0 Å². The summed E-state index contributed by atoms with van der Waals surface area (Å²) in [5.74, 6) is 1.20. The summed E-state index contributed by atoms with van der Waals surface area (Å²) in [7, 11) is 0. The topological polar surface area (TPSA) is 29.5 Å². The standard InChI is InChI=1S/C35H38ClNO2/c1-5-29(6-2)30-15-17-33(18-16-30)37(25(3)4)22-27-8-7-9-32(20-27)31-13-10-26(11-14-31)24-39-35-19-12-28(23-38)21-34(35)36/h7-21,23,25,29H,5-6,22,24H2,1-4H3. The van der Waals surface area contributed by atoms with Crippen LogP contribution < -0.4 is 9.64 Å². The number of hydrogen-bond donors (Lipinski definition) is 0. The lowest BCUT2D eigenvalue weighted by Crippen LogP contribution is -2.30. The van der Waals surface area contributed by atoms with Crippen LogP contribution in [0.2, 0.25) is 5.02 Å². The van der Waals surface area contributed by atoms with E-state index >= 15 is 0 Å². The molecule has 0 spiro atoms. The van der Waals surface area contributed by atoms with E-state index in [1.807, 2.05) is 0 Å². The second-order valence-corrected chi connectivity index (χ2v) is 10.7. The molecule has 0 bridgehead atoms. The van der Waals surface area contributed by atoms with E-state index in [1.54, 1.807) is 18.2 Å². The average Bonchev–Trinajstić information content (AvgIpc) is 2.96. The first kappa shape index (κ1) is 28.4. The van der Waals surface area contributed by atoms with Crippen molar-refractivity contribution < 1.29 is 9.53 Å². The Bertz CT molecular complexity index is 1360. The fraction of sp³-hybridized carbons (Fsp3) is 0.286. The molecule has 3 nitrogen and oxygen atoms in total. The van der Waals surface area contributed by atoms with Gasteiger partial charge in [0.1, 0.15) is 18.6 Å². The van der Waals surface area contributed by atoms with Gasteiger partial charge in [0.25, 0.3) is 0 Å². The smallest absolute Gasteiger partial charge is 0.150 e. The van der Waals surface area contributed by atoms with Crippen molar-refractivity contribution in [1.82, 2.24) is 0 Å². The van der Waals surface area contributed by atoms with Crippen molar-refractivity contribution in [2.45, 2.75) is 65.6 Å². The van der Waals surface area contributed by atoms with Crippen molar-refractivity contribution >= 4 is 23.6 Å². The third kappa shape index (κ3) is 7.30. The molecule has 0 heterocycles. The predicted octanol–water partition coefficient (Wildman–Crippen LogP) is 9.72. The molecule has 4 rings (SSSR count). The maximum absolute atomic E-state index is 10.9. The monoisotopic (exact) mass is 539 g/mol. The third-order valence-electron chi connectivity index (χ3n) is 7.36.